The fourth-order valence-corrected chi connectivity index (χ4v) is 6.42. The number of aryl methyl sites for hydroxylation is 1. The fourth-order valence-electron chi connectivity index (χ4n) is 5.01. The molecule has 0 saturated heterocycles. The third kappa shape index (κ3) is 8.97. The Balaban J connectivity index is 1.77. The summed E-state index contributed by atoms with van der Waals surface area (Å²) in [6, 6.07) is 31.0. The number of rotatable bonds is 15. The summed E-state index contributed by atoms with van der Waals surface area (Å²) < 4.78 is 35.0. The van der Waals surface area contributed by atoms with Crippen LogP contribution in [0, 0.1) is 6.92 Å². The topological polar surface area (TPSA) is 96.0 Å². The molecule has 0 heterocycles. The number of nitrogens with zero attached hydrogens (tertiary/aromatic N) is 2. The van der Waals surface area contributed by atoms with E-state index in [2.05, 4.69) is 5.32 Å². The van der Waals surface area contributed by atoms with E-state index in [4.69, 9.17) is 4.74 Å². The van der Waals surface area contributed by atoms with E-state index >= 15 is 0 Å². The van der Waals surface area contributed by atoms with Crippen LogP contribution in [0.1, 0.15) is 43.9 Å². The highest BCUT2D eigenvalue weighted by atomic mass is 32.2. The monoisotopic (exact) mass is 641 g/mol. The van der Waals surface area contributed by atoms with Crippen molar-refractivity contribution < 1.29 is 22.7 Å². The predicted molar refractivity (Wildman–Crippen MR) is 182 cm³/mol. The van der Waals surface area contributed by atoms with Crippen molar-refractivity contribution in [2.75, 3.05) is 17.5 Å². The standard InChI is InChI=1S/C37H43N3O5S/c1-5-29(4)38-37(42)35(25-30-13-9-7-10-14-30)39(26-31-19-17-28(3)18-20-31)36(41)27-40(32-15-11-8-12-16-32)46(43,44)34-23-21-33(22-24-34)45-6-2/h7-24,29,35H,5-6,25-27H2,1-4H3,(H,38,42)/t29-,35-/m0/s1. The smallest absolute Gasteiger partial charge is 0.264 e. The minimum Gasteiger partial charge on any atom is -0.494 e. The van der Waals surface area contributed by atoms with Crippen molar-refractivity contribution in [1.29, 1.82) is 0 Å². The lowest BCUT2D eigenvalue weighted by atomic mass is 10.0. The number of hydrogen-bond donors (Lipinski definition) is 1. The number of benzene rings is 4. The van der Waals surface area contributed by atoms with Crippen molar-refractivity contribution in [3.8, 4) is 5.75 Å². The summed E-state index contributed by atoms with van der Waals surface area (Å²) in [5.41, 5.74) is 3.11. The Morgan fingerprint density at radius 3 is 2.00 bits per heavy atom. The molecule has 242 valence electrons. The highest BCUT2D eigenvalue weighted by Gasteiger charge is 2.35. The summed E-state index contributed by atoms with van der Waals surface area (Å²) in [6.45, 7) is 7.80. The first-order valence-corrected chi connectivity index (χ1v) is 17.1. The quantitative estimate of drug-likeness (QED) is 0.168. The summed E-state index contributed by atoms with van der Waals surface area (Å²) >= 11 is 0. The second-order valence-electron chi connectivity index (χ2n) is 11.3. The maximum absolute atomic E-state index is 14.5. The number of carbonyl (C=O) groups is 2. The summed E-state index contributed by atoms with van der Waals surface area (Å²) in [7, 11) is -4.19. The molecule has 0 unspecified atom stereocenters. The van der Waals surface area contributed by atoms with Crippen molar-refractivity contribution in [2.24, 2.45) is 0 Å². The molecule has 0 saturated carbocycles. The van der Waals surface area contributed by atoms with Crippen LogP contribution in [0.4, 0.5) is 5.69 Å². The molecule has 0 fully saturated rings. The van der Waals surface area contributed by atoms with Crippen LogP contribution in [0.3, 0.4) is 0 Å². The lowest BCUT2D eigenvalue weighted by Crippen LogP contribution is -2.54. The average Bonchev–Trinajstić information content (AvgIpc) is 3.07. The van der Waals surface area contributed by atoms with Crippen LogP contribution in [0.2, 0.25) is 0 Å². The molecule has 4 aromatic carbocycles. The maximum Gasteiger partial charge on any atom is 0.264 e. The molecule has 4 aromatic rings. The third-order valence-corrected chi connectivity index (χ3v) is 9.58. The normalized spacial score (nSPS) is 12.5. The molecule has 8 nitrogen and oxygen atoms in total. The van der Waals surface area contributed by atoms with Gasteiger partial charge in [-0.3, -0.25) is 13.9 Å². The molecule has 0 aliphatic carbocycles. The van der Waals surface area contributed by atoms with Gasteiger partial charge in [0.25, 0.3) is 10.0 Å². The van der Waals surface area contributed by atoms with E-state index in [1.54, 1.807) is 42.5 Å². The molecule has 0 radical (unpaired) electrons. The van der Waals surface area contributed by atoms with Crippen molar-refractivity contribution in [1.82, 2.24) is 10.2 Å². The van der Waals surface area contributed by atoms with Crippen LogP contribution in [0.25, 0.3) is 0 Å². The first kappa shape index (κ1) is 34.2. The number of amides is 2. The molecule has 2 amide bonds. The van der Waals surface area contributed by atoms with Crippen LogP contribution in [0.5, 0.6) is 5.75 Å². The van der Waals surface area contributed by atoms with E-state index in [0.717, 1.165) is 27.4 Å². The van der Waals surface area contributed by atoms with E-state index in [1.165, 1.54) is 17.0 Å². The van der Waals surface area contributed by atoms with Gasteiger partial charge in [0.05, 0.1) is 17.2 Å². The summed E-state index contributed by atoms with van der Waals surface area (Å²) in [4.78, 5) is 30.0. The zero-order chi connectivity index (χ0) is 33.1. The Morgan fingerprint density at radius 1 is 0.804 bits per heavy atom. The average molecular weight is 642 g/mol. The van der Waals surface area contributed by atoms with Crippen molar-refractivity contribution in [2.45, 2.75) is 64.1 Å². The van der Waals surface area contributed by atoms with Crippen LogP contribution >= 0.6 is 0 Å². The van der Waals surface area contributed by atoms with Gasteiger partial charge in [-0.1, -0.05) is 85.3 Å². The first-order chi connectivity index (χ1) is 22.1. The number of anilines is 1. The molecule has 4 rings (SSSR count). The maximum atomic E-state index is 14.5. The zero-order valence-electron chi connectivity index (χ0n) is 26.9. The Bertz CT molecular complexity index is 1660. The molecule has 0 bridgehead atoms. The summed E-state index contributed by atoms with van der Waals surface area (Å²) in [5.74, 6) is -0.248. The van der Waals surface area contributed by atoms with Gasteiger partial charge in [0.2, 0.25) is 11.8 Å². The van der Waals surface area contributed by atoms with Crippen molar-refractivity contribution in [3.63, 3.8) is 0 Å². The molecule has 0 spiro atoms. The minimum atomic E-state index is -4.19. The Kier molecular flexibility index (Phi) is 12.0. The van der Waals surface area contributed by atoms with Crippen LogP contribution in [0.15, 0.2) is 114 Å². The highest BCUT2D eigenvalue weighted by molar-refractivity contribution is 7.92. The Morgan fingerprint density at radius 2 is 1.41 bits per heavy atom. The molecule has 46 heavy (non-hydrogen) atoms. The summed E-state index contributed by atoms with van der Waals surface area (Å²) in [6.07, 6.45) is 0.982. The van der Waals surface area contributed by atoms with Crippen LogP contribution < -0.4 is 14.4 Å². The van der Waals surface area contributed by atoms with Gasteiger partial charge in [-0.2, -0.15) is 0 Å². The molecular weight excluding hydrogens is 598 g/mol. The minimum absolute atomic E-state index is 0.0213. The Hall–Kier alpha value is -4.63. The predicted octanol–water partition coefficient (Wildman–Crippen LogP) is 6.14. The zero-order valence-corrected chi connectivity index (χ0v) is 27.7. The number of nitrogens with one attached hydrogen (secondary N) is 1. The van der Waals surface area contributed by atoms with Gasteiger partial charge in [0.1, 0.15) is 18.3 Å². The van der Waals surface area contributed by atoms with Gasteiger partial charge in [-0.05, 0) is 74.7 Å². The van der Waals surface area contributed by atoms with E-state index in [0.29, 0.717) is 18.0 Å². The largest absolute Gasteiger partial charge is 0.494 e. The van der Waals surface area contributed by atoms with Gasteiger partial charge < -0.3 is 15.0 Å². The molecule has 1 N–H and O–H groups in total. The van der Waals surface area contributed by atoms with E-state index in [9.17, 15) is 18.0 Å². The molecule has 9 heteroatoms. The molecule has 0 aliphatic rings. The van der Waals surface area contributed by atoms with Crippen LogP contribution in [-0.2, 0) is 32.6 Å². The van der Waals surface area contributed by atoms with Gasteiger partial charge in [0.15, 0.2) is 0 Å². The van der Waals surface area contributed by atoms with Gasteiger partial charge in [0, 0.05) is 19.0 Å². The third-order valence-electron chi connectivity index (χ3n) is 7.79. The summed E-state index contributed by atoms with van der Waals surface area (Å²) in [5, 5.41) is 3.06. The van der Waals surface area contributed by atoms with E-state index in [1.807, 2.05) is 82.3 Å². The first-order valence-electron chi connectivity index (χ1n) is 15.6. The Labute approximate surface area is 273 Å². The molecule has 0 aliphatic heterocycles. The van der Waals surface area contributed by atoms with Gasteiger partial charge in [-0.15, -0.1) is 0 Å². The lowest BCUT2D eigenvalue weighted by Gasteiger charge is -2.34. The number of para-hydroxylation sites is 1. The number of carbonyl (C=O) groups excluding carboxylic acids is 2. The van der Waals surface area contributed by atoms with Crippen LogP contribution in [-0.4, -0.2) is 50.4 Å². The number of hydrogen-bond acceptors (Lipinski definition) is 5. The number of ether oxygens (including phenoxy) is 1. The molecular formula is C37H43N3O5S. The molecule has 0 aromatic heterocycles. The second-order valence-corrected chi connectivity index (χ2v) is 13.1. The lowest BCUT2D eigenvalue weighted by molar-refractivity contribution is -0.140. The van der Waals surface area contributed by atoms with Gasteiger partial charge >= 0.3 is 0 Å². The SMILES string of the molecule is CCOc1ccc(S(=O)(=O)N(CC(=O)N(Cc2ccc(C)cc2)[C@@H](Cc2ccccc2)C(=O)N[C@@H](C)CC)c2ccccc2)cc1. The van der Waals surface area contributed by atoms with E-state index < -0.39 is 28.5 Å². The van der Waals surface area contributed by atoms with Gasteiger partial charge in [-0.25, -0.2) is 8.42 Å². The van der Waals surface area contributed by atoms with Crippen molar-refractivity contribution >= 4 is 27.5 Å². The van der Waals surface area contributed by atoms with Crippen molar-refractivity contribution in [3.05, 3.63) is 126 Å². The second kappa shape index (κ2) is 16.1. The fraction of sp³-hybridized carbons (Fsp3) is 0.297. The number of sulfonamides is 1. The van der Waals surface area contributed by atoms with E-state index in [-0.39, 0.29) is 29.8 Å². The highest BCUT2D eigenvalue weighted by Crippen LogP contribution is 2.26. The molecule has 2 atom stereocenters.